The van der Waals surface area contributed by atoms with E-state index in [-0.39, 0.29) is 11.4 Å². The second kappa shape index (κ2) is 8.05. The minimum Gasteiger partial charge on any atom is -0.253 e. The molecule has 1 aromatic heterocycles. The van der Waals surface area contributed by atoms with Crippen LogP contribution >= 0.6 is 7.92 Å². The molecule has 3 rings (SSSR count). The molecule has 2 aromatic carbocycles. The van der Waals surface area contributed by atoms with Crippen LogP contribution in [-0.2, 0) is 9.59 Å². The largest absolute Gasteiger partial charge is 0.253 e. The molecule has 5 nitrogen and oxygen atoms in total. The Balaban J connectivity index is 2.29. The van der Waals surface area contributed by atoms with Gasteiger partial charge < -0.3 is 0 Å². The molecule has 120 valence electrons. The van der Waals surface area contributed by atoms with Crippen molar-refractivity contribution in [2.75, 3.05) is 0 Å². The van der Waals surface area contributed by atoms with Crippen molar-refractivity contribution >= 4 is 47.5 Å². The first kappa shape index (κ1) is 16.6. The Hall–Kier alpha value is -3.22. The second-order valence-electron chi connectivity index (χ2n) is 4.91. The lowest BCUT2D eigenvalue weighted by Gasteiger charge is -2.19. The van der Waals surface area contributed by atoms with E-state index < -0.39 is 7.92 Å². The third-order valence-corrected chi connectivity index (χ3v) is 5.83. The number of hydrogen-bond acceptors (Lipinski definition) is 5. The summed E-state index contributed by atoms with van der Waals surface area (Å²) in [4.78, 5) is 33.5. The molecule has 0 fully saturated rings. The van der Waals surface area contributed by atoms with E-state index in [0.717, 1.165) is 10.6 Å². The Kier molecular flexibility index (Phi) is 5.36. The highest BCUT2D eigenvalue weighted by atomic mass is 31.1. The molecule has 0 bridgehead atoms. The van der Waals surface area contributed by atoms with Gasteiger partial charge in [-0.15, -0.1) is 0 Å². The Morgan fingerprint density at radius 1 is 0.760 bits per heavy atom. The van der Waals surface area contributed by atoms with Gasteiger partial charge in [0.1, 0.15) is 16.8 Å². The zero-order chi connectivity index (χ0) is 17.5. The van der Waals surface area contributed by atoms with Crippen LogP contribution in [0.5, 0.6) is 0 Å². The summed E-state index contributed by atoms with van der Waals surface area (Å²) in [6.45, 7) is 0. The molecule has 0 aliphatic heterocycles. The molecule has 0 amide bonds. The summed E-state index contributed by atoms with van der Waals surface area (Å²) in [6.07, 6.45) is 4.58. The van der Waals surface area contributed by atoms with E-state index in [1.165, 1.54) is 18.2 Å². The molecule has 0 unspecified atom stereocenters. The zero-order valence-corrected chi connectivity index (χ0v) is 13.9. The maximum atomic E-state index is 10.9. The SMILES string of the molecule is O=C=Nc1ccnc(P(c2ccccc2)c2ccccc2)c1N=C=O. The summed E-state index contributed by atoms with van der Waals surface area (Å²) in [5.41, 5.74) is 1.09. The van der Waals surface area contributed by atoms with Gasteiger partial charge in [-0.2, -0.15) is 9.98 Å². The molecule has 0 N–H and O–H groups in total. The van der Waals surface area contributed by atoms with Gasteiger partial charge in [0.2, 0.25) is 12.2 Å². The standard InChI is InChI=1S/C19H12N3O2P/c23-13-21-17-11-12-20-19(18(17)22-14-24)25(15-7-3-1-4-8-15)16-9-5-2-6-10-16/h1-12H. The zero-order valence-electron chi connectivity index (χ0n) is 13.0. The smallest absolute Gasteiger partial charge is 0.240 e. The molecule has 25 heavy (non-hydrogen) atoms. The lowest BCUT2D eigenvalue weighted by molar-refractivity contribution is 0.564. The summed E-state index contributed by atoms with van der Waals surface area (Å²) in [5.74, 6) is 0. The third-order valence-electron chi connectivity index (χ3n) is 3.45. The lowest BCUT2D eigenvalue weighted by atomic mass is 10.3. The first-order chi connectivity index (χ1) is 12.3. The van der Waals surface area contributed by atoms with Gasteiger partial charge in [-0.3, -0.25) is 4.98 Å². The maximum absolute atomic E-state index is 10.9. The van der Waals surface area contributed by atoms with Gasteiger partial charge in [0.25, 0.3) is 0 Å². The molecule has 0 radical (unpaired) electrons. The molecule has 0 saturated heterocycles. The molecule has 1 heterocycles. The van der Waals surface area contributed by atoms with Crippen molar-refractivity contribution < 1.29 is 9.59 Å². The molecular weight excluding hydrogens is 333 g/mol. The Labute approximate surface area is 145 Å². The first-order valence-corrected chi connectivity index (χ1v) is 8.74. The number of pyridine rings is 1. The van der Waals surface area contributed by atoms with Gasteiger partial charge in [-0.25, -0.2) is 9.59 Å². The fourth-order valence-corrected chi connectivity index (χ4v) is 4.72. The van der Waals surface area contributed by atoms with E-state index in [1.807, 2.05) is 60.7 Å². The van der Waals surface area contributed by atoms with Gasteiger partial charge in [-0.05, 0) is 16.7 Å². The van der Waals surface area contributed by atoms with E-state index in [1.54, 1.807) is 6.20 Å². The van der Waals surface area contributed by atoms with Crippen LogP contribution in [0.15, 0.2) is 82.9 Å². The van der Waals surface area contributed by atoms with E-state index in [4.69, 9.17) is 0 Å². The van der Waals surface area contributed by atoms with E-state index >= 15 is 0 Å². The lowest BCUT2D eigenvalue weighted by Crippen LogP contribution is -2.23. The van der Waals surface area contributed by atoms with Crippen molar-refractivity contribution in [3.05, 3.63) is 72.9 Å². The second-order valence-corrected chi connectivity index (χ2v) is 7.04. The summed E-state index contributed by atoms with van der Waals surface area (Å²) < 4.78 is 0. The number of benzene rings is 2. The van der Waals surface area contributed by atoms with Gasteiger partial charge in [0.15, 0.2) is 0 Å². The first-order valence-electron chi connectivity index (χ1n) is 7.40. The minimum absolute atomic E-state index is 0.250. The average molecular weight is 345 g/mol. The molecular formula is C19H12N3O2P. The predicted octanol–water partition coefficient (Wildman–Crippen LogP) is 2.77. The van der Waals surface area contributed by atoms with Crippen LogP contribution in [0.4, 0.5) is 11.4 Å². The van der Waals surface area contributed by atoms with Crippen LogP contribution in [0.1, 0.15) is 0 Å². The predicted molar refractivity (Wildman–Crippen MR) is 98.5 cm³/mol. The fourth-order valence-electron chi connectivity index (χ4n) is 2.44. The van der Waals surface area contributed by atoms with Crippen LogP contribution < -0.4 is 16.0 Å². The number of hydrogen-bond donors (Lipinski definition) is 0. The number of isocyanates is 2. The van der Waals surface area contributed by atoms with E-state index in [9.17, 15) is 9.59 Å². The fraction of sp³-hybridized carbons (Fsp3) is 0. The number of aromatic nitrogens is 1. The Bertz CT molecular complexity index is 925. The highest BCUT2D eigenvalue weighted by Gasteiger charge is 2.23. The Morgan fingerprint density at radius 2 is 1.32 bits per heavy atom. The van der Waals surface area contributed by atoms with E-state index in [2.05, 4.69) is 15.0 Å². The minimum atomic E-state index is -1.08. The molecule has 0 saturated carbocycles. The highest BCUT2D eigenvalue weighted by Crippen LogP contribution is 2.38. The maximum Gasteiger partial charge on any atom is 0.240 e. The topological polar surface area (TPSA) is 71.8 Å². The molecule has 0 atom stereocenters. The van der Waals surface area contributed by atoms with Crippen molar-refractivity contribution in [1.29, 1.82) is 0 Å². The summed E-state index contributed by atoms with van der Waals surface area (Å²) >= 11 is 0. The van der Waals surface area contributed by atoms with Gasteiger partial charge >= 0.3 is 0 Å². The normalized spacial score (nSPS) is 9.96. The van der Waals surface area contributed by atoms with Crippen LogP contribution in [0.2, 0.25) is 0 Å². The van der Waals surface area contributed by atoms with Gasteiger partial charge in [0.05, 0.1) is 0 Å². The summed E-state index contributed by atoms with van der Waals surface area (Å²) in [5, 5.41) is 2.09. The number of rotatable bonds is 5. The van der Waals surface area contributed by atoms with Crippen molar-refractivity contribution in [3.8, 4) is 0 Å². The van der Waals surface area contributed by atoms with Crippen LogP contribution in [0.3, 0.4) is 0 Å². The average Bonchev–Trinajstić information content (AvgIpc) is 2.66. The van der Waals surface area contributed by atoms with Crippen LogP contribution in [0.25, 0.3) is 0 Å². The third kappa shape index (κ3) is 3.65. The van der Waals surface area contributed by atoms with Gasteiger partial charge in [0, 0.05) is 14.1 Å². The van der Waals surface area contributed by atoms with Crippen LogP contribution in [-0.4, -0.2) is 17.1 Å². The molecule has 3 aromatic rings. The summed E-state index contributed by atoms with van der Waals surface area (Å²) in [6, 6.07) is 21.2. The van der Waals surface area contributed by atoms with Gasteiger partial charge in [-0.1, -0.05) is 60.7 Å². The monoisotopic (exact) mass is 345 g/mol. The molecule has 0 aliphatic rings. The number of carbonyl (C=O) groups excluding carboxylic acids is 2. The quantitative estimate of drug-likeness (QED) is 0.405. The van der Waals surface area contributed by atoms with Crippen molar-refractivity contribution in [2.24, 2.45) is 9.98 Å². The molecule has 6 heteroatoms. The molecule has 0 aliphatic carbocycles. The van der Waals surface area contributed by atoms with E-state index in [0.29, 0.717) is 5.44 Å². The van der Waals surface area contributed by atoms with Crippen molar-refractivity contribution in [3.63, 3.8) is 0 Å². The van der Waals surface area contributed by atoms with Crippen molar-refractivity contribution in [1.82, 2.24) is 4.98 Å². The number of nitrogens with zero attached hydrogens (tertiary/aromatic N) is 3. The molecule has 0 spiro atoms. The Morgan fingerprint density at radius 3 is 1.84 bits per heavy atom. The highest BCUT2D eigenvalue weighted by molar-refractivity contribution is 7.79. The van der Waals surface area contributed by atoms with Crippen LogP contribution in [0, 0.1) is 0 Å². The van der Waals surface area contributed by atoms with Crippen molar-refractivity contribution in [2.45, 2.75) is 0 Å². The summed E-state index contributed by atoms with van der Waals surface area (Å²) in [7, 11) is -1.08. The number of aliphatic imine (C=N–C) groups is 2.